The highest BCUT2D eigenvalue weighted by molar-refractivity contribution is 5.72. The Morgan fingerprint density at radius 1 is 0.917 bits per heavy atom. The number of imidazole rings is 1. The smallest absolute Gasteiger partial charge is 0.329 e. The molecule has 36 heavy (non-hydrogen) atoms. The van der Waals surface area contributed by atoms with Crippen LogP contribution in [0.4, 0.5) is 32.3 Å². The molecule has 14 heteroatoms. The van der Waals surface area contributed by atoms with Crippen LogP contribution in [0, 0.1) is 0 Å². The van der Waals surface area contributed by atoms with E-state index in [2.05, 4.69) is 20.4 Å². The molecule has 0 saturated carbocycles. The van der Waals surface area contributed by atoms with Gasteiger partial charge in [-0.15, -0.1) is 5.10 Å². The molecule has 0 bridgehead atoms. The molecular formula is C22H22F6N8. The standard InChI is InChI=1S/C22H22F6N8/c1-4-17-14(8-18-19(30-17)35(5-2)12-29-18)11-36(20-31-33-34(3)32-20)10-13-6-15(21(23,24)25)9-16(7-13)22(26,27)28/h6-9,12H,4-5,10-11H2,1-3H3. The molecule has 0 aliphatic heterocycles. The minimum absolute atomic E-state index is 0.0460. The molecule has 4 rings (SSSR count). The molecule has 0 unspecified atom stereocenters. The fourth-order valence-corrected chi connectivity index (χ4v) is 3.87. The van der Waals surface area contributed by atoms with Crippen molar-refractivity contribution in [2.24, 2.45) is 7.05 Å². The minimum atomic E-state index is -4.95. The monoisotopic (exact) mass is 512 g/mol. The van der Waals surface area contributed by atoms with Crippen LogP contribution in [0.3, 0.4) is 0 Å². The lowest BCUT2D eigenvalue weighted by Gasteiger charge is -2.23. The van der Waals surface area contributed by atoms with Crippen molar-refractivity contribution in [2.45, 2.75) is 52.3 Å². The number of benzene rings is 1. The summed E-state index contributed by atoms with van der Waals surface area (Å²) in [6, 6.07) is 3.31. The number of hydrogen-bond acceptors (Lipinski definition) is 6. The maximum Gasteiger partial charge on any atom is 0.416 e. The van der Waals surface area contributed by atoms with Gasteiger partial charge >= 0.3 is 12.4 Å². The Morgan fingerprint density at radius 3 is 2.11 bits per heavy atom. The van der Waals surface area contributed by atoms with Gasteiger partial charge in [0.1, 0.15) is 5.52 Å². The molecule has 0 atom stereocenters. The molecular weight excluding hydrogens is 490 g/mol. The van der Waals surface area contributed by atoms with Gasteiger partial charge in [0.05, 0.1) is 24.5 Å². The Kier molecular flexibility index (Phi) is 6.62. The van der Waals surface area contributed by atoms with E-state index in [-0.39, 0.29) is 30.7 Å². The van der Waals surface area contributed by atoms with E-state index < -0.39 is 23.5 Å². The molecule has 0 amide bonds. The average Bonchev–Trinajstić information content (AvgIpc) is 3.42. The molecule has 0 aliphatic rings. The average molecular weight is 512 g/mol. The Hall–Kier alpha value is -3.71. The summed E-state index contributed by atoms with van der Waals surface area (Å²) in [6.07, 6.45) is -7.70. The summed E-state index contributed by atoms with van der Waals surface area (Å²) in [5.41, 5.74) is -0.256. The van der Waals surface area contributed by atoms with Crippen LogP contribution in [0.1, 0.15) is 41.8 Å². The van der Waals surface area contributed by atoms with E-state index in [4.69, 9.17) is 4.98 Å². The third-order valence-electron chi connectivity index (χ3n) is 5.60. The number of nitrogens with zero attached hydrogens (tertiary/aromatic N) is 8. The quantitative estimate of drug-likeness (QED) is 0.332. The summed E-state index contributed by atoms with van der Waals surface area (Å²) >= 11 is 0. The van der Waals surface area contributed by atoms with Gasteiger partial charge in [-0.1, -0.05) is 12.0 Å². The molecule has 0 fully saturated rings. The Labute approximate surface area is 201 Å². The zero-order chi connectivity index (χ0) is 26.3. The maximum atomic E-state index is 13.4. The Morgan fingerprint density at radius 2 is 1.58 bits per heavy atom. The van der Waals surface area contributed by atoms with Gasteiger partial charge in [-0.3, -0.25) is 0 Å². The first-order valence-electron chi connectivity index (χ1n) is 11.0. The summed E-state index contributed by atoms with van der Waals surface area (Å²) < 4.78 is 82.2. The van der Waals surface area contributed by atoms with Gasteiger partial charge < -0.3 is 9.47 Å². The van der Waals surface area contributed by atoms with Gasteiger partial charge in [-0.05, 0) is 54.0 Å². The van der Waals surface area contributed by atoms with Crippen molar-refractivity contribution in [3.63, 3.8) is 0 Å². The van der Waals surface area contributed by atoms with Gasteiger partial charge in [-0.25, -0.2) is 9.97 Å². The lowest BCUT2D eigenvalue weighted by Crippen LogP contribution is -2.25. The van der Waals surface area contributed by atoms with Crippen LogP contribution >= 0.6 is 0 Å². The second-order valence-corrected chi connectivity index (χ2v) is 8.17. The lowest BCUT2D eigenvalue weighted by atomic mass is 10.0. The van der Waals surface area contributed by atoms with Gasteiger partial charge in [0, 0.05) is 25.3 Å². The van der Waals surface area contributed by atoms with Crippen molar-refractivity contribution in [1.29, 1.82) is 0 Å². The highest BCUT2D eigenvalue weighted by Crippen LogP contribution is 2.37. The number of halogens is 6. The first kappa shape index (κ1) is 25.4. The van der Waals surface area contributed by atoms with Crippen LogP contribution in [0.5, 0.6) is 0 Å². The second kappa shape index (κ2) is 9.39. The highest BCUT2D eigenvalue weighted by Gasteiger charge is 2.37. The first-order chi connectivity index (χ1) is 16.9. The van der Waals surface area contributed by atoms with Crippen molar-refractivity contribution in [2.75, 3.05) is 4.90 Å². The van der Waals surface area contributed by atoms with E-state index in [1.807, 2.05) is 24.5 Å². The molecule has 3 heterocycles. The minimum Gasteiger partial charge on any atom is -0.329 e. The summed E-state index contributed by atoms with van der Waals surface area (Å²) in [5, 5.41) is 11.8. The number of pyridine rings is 1. The van der Waals surface area contributed by atoms with Gasteiger partial charge in [0.15, 0.2) is 5.65 Å². The summed E-state index contributed by atoms with van der Waals surface area (Å²) in [7, 11) is 1.50. The highest BCUT2D eigenvalue weighted by atomic mass is 19.4. The summed E-state index contributed by atoms with van der Waals surface area (Å²) in [5.74, 6) is 0.0460. The van der Waals surface area contributed by atoms with Crippen LogP contribution in [0.15, 0.2) is 30.6 Å². The van der Waals surface area contributed by atoms with E-state index in [1.165, 1.54) is 11.9 Å². The third-order valence-corrected chi connectivity index (χ3v) is 5.60. The number of tetrazole rings is 1. The van der Waals surface area contributed by atoms with Crippen LogP contribution < -0.4 is 4.90 Å². The SMILES string of the molecule is CCc1nc2c(cc1CN(Cc1cc(C(F)(F)F)cc(C(F)(F)F)c1)c1nnn(C)n1)ncn2CC. The number of alkyl halides is 6. The van der Waals surface area contributed by atoms with Crippen molar-refractivity contribution < 1.29 is 26.3 Å². The molecule has 0 saturated heterocycles. The largest absolute Gasteiger partial charge is 0.416 e. The lowest BCUT2D eigenvalue weighted by molar-refractivity contribution is -0.143. The van der Waals surface area contributed by atoms with Crippen LogP contribution in [0.2, 0.25) is 0 Å². The van der Waals surface area contributed by atoms with Crippen LogP contribution in [0.25, 0.3) is 11.2 Å². The first-order valence-corrected chi connectivity index (χ1v) is 11.0. The van der Waals surface area contributed by atoms with E-state index in [9.17, 15) is 26.3 Å². The number of rotatable bonds is 7. The van der Waals surface area contributed by atoms with Crippen molar-refractivity contribution in [1.82, 2.24) is 34.7 Å². The van der Waals surface area contributed by atoms with Crippen molar-refractivity contribution in [3.05, 3.63) is 58.5 Å². The second-order valence-electron chi connectivity index (χ2n) is 8.17. The van der Waals surface area contributed by atoms with Crippen molar-refractivity contribution >= 4 is 17.1 Å². The fraction of sp³-hybridized carbons (Fsp3) is 0.409. The molecule has 1 aromatic carbocycles. The number of anilines is 1. The summed E-state index contributed by atoms with van der Waals surface area (Å²) in [4.78, 5) is 11.7. The third kappa shape index (κ3) is 5.26. The van der Waals surface area contributed by atoms with Gasteiger partial charge in [-0.2, -0.15) is 31.1 Å². The van der Waals surface area contributed by atoms with Crippen molar-refractivity contribution in [3.8, 4) is 0 Å². The molecule has 8 nitrogen and oxygen atoms in total. The Bertz CT molecular complexity index is 1340. The molecule has 0 N–H and O–H groups in total. The Balaban J connectivity index is 1.77. The van der Waals surface area contributed by atoms with E-state index in [0.29, 0.717) is 47.5 Å². The van der Waals surface area contributed by atoms with E-state index in [0.717, 1.165) is 4.80 Å². The number of aromatic nitrogens is 7. The number of aryl methyl sites for hydroxylation is 3. The van der Waals surface area contributed by atoms with Crippen LogP contribution in [-0.2, 0) is 45.5 Å². The van der Waals surface area contributed by atoms with Gasteiger partial charge in [0.2, 0.25) is 0 Å². The normalized spacial score (nSPS) is 12.5. The van der Waals surface area contributed by atoms with E-state index in [1.54, 1.807) is 6.33 Å². The number of hydrogen-bond donors (Lipinski definition) is 0. The molecule has 0 aliphatic carbocycles. The molecule has 3 aromatic heterocycles. The fourth-order valence-electron chi connectivity index (χ4n) is 3.87. The summed E-state index contributed by atoms with van der Waals surface area (Å²) in [6.45, 7) is 4.25. The van der Waals surface area contributed by atoms with Crippen LogP contribution in [-0.4, -0.2) is 34.7 Å². The topological polar surface area (TPSA) is 77.6 Å². The van der Waals surface area contributed by atoms with E-state index >= 15 is 0 Å². The maximum absolute atomic E-state index is 13.4. The molecule has 0 radical (unpaired) electrons. The molecule has 192 valence electrons. The van der Waals surface area contributed by atoms with Gasteiger partial charge in [0.25, 0.3) is 5.95 Å². The molecule has 0 spiro atoms. The predicted molar refractivity (Wildman–Crippen MR) is 118 cm³/mol. The predicted octanol–water partition coefficient (Wildman–Crippen LogP) is 4.78. The number of fused-ring (bicyclic) bond motifs is 1. The zero-order valence-corrected chi connectivity index (χ0v) is 19.6. The zero-order valence-electron chi connectivity index (χ0n) is 19.6. The molecule has 4 aromatic rings.